The molecule has 0 heterocycles. The van der Waals surface area contributed by atoms with Gasteiger partial charge < -0.3 is 18.9 Å². The Balaban J connectivity index is 1.84. The average Bonchev–Trinajstić information content (AvgIpc) is 2.74. The summed E-state index contributed by atoms with van der Waals surface area (Å²) in [5, 5.41) is 0. The lowest BCUT2D eigenvalue weighted by Crippen LogP contribution is -1.97. The molecule has 0 spiro atoms. The largest absolute Gasteiger partial charge is 0.493 e. The van der Waals surface area contributed by atoms with E-state index >= 15 is 0 Å². The standard InChI is InChI=1S/C24H26O4/c1-16-12-22(26-3)24(28-5)15-20(16)13-17-6-8-18(9-7-17)19-10-11-21(25-2)23(14-19)27-4/h6-12,14-15H,13H2,1-5H3. The van der Waals surface area contributed by atoms with Crippen LogP contribution in [0, 0.1) is 6.92 Å². The number of aryl methyl sites for hydroxylation is 1. The summed E-state index contributed by atoms with van der Waals surface area (Å²) in [4.78, 5) is 0. The summed E-state index contributed by atoms with van der Waals surface area (Å²) in [7, 11) is 6.61. The van der Waals surface area contributed by atoms with Gasteiger partial charge in [0.15, 0.2) is 23.0 Å². The van der Waals surface area contributed by atoms with Crippen LogP contribution in [0.15, 0.2) is 54.6 Å². The fourth-order valence-corrected chi connectivity index (χ4v) is 3.26. The Labute approximate surface area is 166 Å². The molecule has 0 aromatic heterocycles. The van der Waals surface area contributed by atoms with E-state index in [1.54, 1.807) is 28.4 Å². The van der Waals surface area contributed by atoms with E-state index in [1.807, 2.05) is 24.3 Å². The van der Waals surface area contributed by atoms with Crippen LogP contribution in [0.4, 0.5) is 0 Å². The van der Waals surface area contributed by atoms with Gasteiger partial charge in [-0.15, -0.1) is 0 Å². The summed E-state index contributed by atoms with van der Waals surface area (Å²) in [6.45, 7) is 2.09. The van der Waals surface area contributed by atoms with Crippen molar-refractivity contribution in [2.24, 2.45) is 0 Å². The Hall–Kier alpha value is -3.14. The predicted molar refractivity (Wildman–Crippen MR) is 112 cm³/mol. The van der Waals surface area contributed by atoms with Gasteiger partial charge in [-0.1, -0.05) is 30.3 Å². The quantitative estimate of drug-likeness (QED) is 0.560. The third kappa shape index (κ3) is 4.06. The molecule has 146 valence electrons. The Morgan fingerprint density at radius 1 is 0.571 bits per heavy atom. The maximum absolute atomic E-state index is 5.44. The van der Waals surface area contributed by atoms with Crippen LogP contribution in [-0.2, 0) is 6.42 Å². The van der Waals surface area contributed by atoms with E-state index in [0.29, 0.717) is 0 Å². The molecular weight excluding hydrogens is 352 g/mol. The molecule has 3 aromatic carbocycles. The van der Waals surface area contributed by atoms with Crippen LogP contribution >= 0.6 is 0 Å². The van der Waals surface area contributed by atoms with E-state index in [9.17, 15) is 0 Å². The lowest BCUT2D eigenvalue weighted by molar-refractivity contribution is 0.354. The van der Waals surface area contributed by atoms with Gasteiger partial charge in [-0.2, -0.15) is 0 Å². The highest BCUT2D eigenvalue weighted by Crippen LogP contribution is 2.33. The lowest BCUT2D eigenvalue weighted by atomic mass is 9.97. The van der Waals surface area contributed by atoms with Crippen molar-refractivity contribution in [3.05, 3.63) is 71.3 Å². The smallest absolute Gasteiger partial charge is 0.161 e. The van der Waals surface area contributed by atoms with Gasteiger partial charge in [-0.3, -0.25) is 0 Å². The minimum absolute atomic E-state index is 0.727. The van der Waals surface area contributed by atoms with Crippen molar-refractivity contribution in [3.63, 3.8) is 0 Å². The van der Waals surface area contributed by atoms with Crippen molar-refractivity contribution >= 4 is 0 Å². The van der Waals surface area contributed by atoms with E-state index in [-0.39, 0.29) is 0 Å². The van der Waals surface area contributed by atoms with Crippen LogP contribution in [0.5, 0.6) is 23.0 Å². The molecular formula is C24H26O4. The van der Waals surface area contributed by atoms with Gasteiger partial charge in [-0.25, -0.2) is 0 Å². The minimum Gasteiger partial charge on any atom is -0.493 e. The van der Waals surface area contributed by atoms with Crippen LogP contribution in [-0.4, -0.2) is 28.4 Å². The van der Waals surface area contributed by atoms with Gasteiger partial charge in [0.2, 0.25) is 0 Å². The zero-order valence-corrected chi connectivity index (χ0v) is 17.0. The molecule has 0 saturated carbocycles. The molecule has 0 unspecified atom stereocenters. The number of hydrogen-bond acceptors (Lipinski definition) is 4. The van der Waals surface area contributed by atoms with Gasteiger partial charge in [-0.05, 0) is 65.4 Å². The summed E-state index contributed by atoms with van der Waals surface area (Å²) >= 11 is 0. The number of benzene rings is 3. The van der Waals surface area contributed by atoms with Crippen molar-refractivity contribution < 1.29 is 18.9 Å². The number of rotatable bonds is 7. The van der Waals surface area contributed by atoms with Crippen molar-refractivity contribution in [2.75, 3.05) is 28.4 Å². The third-order valence-corrected chi connectivity index (χ3v) is 4.91. The summed E-state index contributed by atoms with van der Waals surface area (Å²) in [5.41, 5.74) is 5.86. The minimum atomic E-state index is 0.727. The molecule has 0 saturated heterocycles. The molecule has 4 heteroatoms. The molecule has 0 aliphatic heterocycles. The molecule has 0 N–H and O–H groups in total. The summed E-state index contributed by atoms with van der Waals surface area (Å²) in [5.74, 6) is 2.97. The molecule has 0 aliphatic carbocycles. The molecule has 28 heavy (non-hydrogen) atoms. The first-order chi connectivity index (χ1) is 13.6. The zero-order valence-electron chi connectivity index (χ0n) is 17.0. The maximum Gasteiger partial charge on any atom is 0.161 e. The average molecular weight is 378 g/mol. The third-order valence-electron chi connectivity index (χ3n) is 4.91. The fourth-order valence-electron chi connectivity index (χ4n) is 3.26. The van der Waals surface area contributed by atoms with E-state index in [1.165, 1.54) is 16.7 Å². The zero-order chi connectivity index (χ0) is 20.1. The molecule has 0 amide bonds. The fraction of sp³-hybridized carbons (Fsp3) is 0.250. The maximum atomic E-state index is 5.44. The highest BCUT2D eigenvalue weighted by molar-refractivity contribution is 5.67. The van der Waals surface area contributed by atoms with Gasteiger partial charge in [0.1, 0.15) is 0 Å². The Morgan fingerprint density at radius 2 is 1.11 bits per heavy atom. The number of methoxy groups -OCH3 is 4. The van der Waals surface area contributed by atoms with E-state index in [4.69, 9.17) is 18.9 Å². The first-order valence-electron chi connectivity index (χ1n) is 9.12. The van der Waals surface area contributed by atoms with Crippen LogP contribution in [0.1, 0.15) is 16.7 Å². The molecule has 0 fully saturated rings. The van der Waals surface area contributed by atoms with Gasteiger partial charge in [0.25, 0.3) is 0 Å². The van der Waals surface area contributed by atoms with Crippen LogP contribution < -0.4 is 18.9 Å². The van der Waals surface area contributed by atoms with Crippen LogP contribution in [0.25, 0.3) is 11.1 Å². The van der Waals surface area contributed by atoms with Crippen molar-refractivity contribution in [3.8, 4) is 34.1 Å². The normalized spacial score (nSPS) is 10.5. The second-order valence-corrected chi connectivity index (χ2v) is 6.58. The second kappa shape index (κ2) is 8.70. The predicted octanol–water partition coefficient (Wildman–Crippen LogP) is 5.29. The summed E-state index contributed by atoms with van der Waals surface area (Å²) in [6.07, 6.45) is 0.832. The highest BCUT2D eigenvalue weighted by Gasteiger charge is 2.10. The topological polar surface area (TPSA) is 36.9 Å². The van der Waals surface area contributed by atoms with E-state index in [2.05, 4.69) is 37.3 Å². The van der Waals surface area contributed by atoms with Gasteiger partial charge >= 0.3 is 0 Å². The molecule has 4 nitrogen and oxygen atoms in total. The first kappa shape index (κ1) is 19.6. The first-order valence-corrected chi connectivity index (χ1v) is 9.12. The molecule has 0 bridgehead atoms. The number of ether oxygens (including phenoxy) is 4. The van der Waals surface area contributed by atoms with E-state index in [0.717, 1.165) is 40.5 Å². The summed E-state index contributed by atoms with van der Waals surface area (Å²) < 4.78 is 21.5. The number of hydrogen-bond donors (Lipinski definition) is 0. The Morgan fingerprint density at radius 3 is 1.71 bits per heavy atom. The van der Waals surface area contributed by atoms with Crippen LogP contribution in [0.2, 0.25) is 0 Å². The van der Waals surface area contributed by atoms with Gasteiger partial charge in [0.05, 0.1) is 28.4 Å². The monoisotopic (exact) mass is 378 g/mol. The molecule has 3 rings (SSSR count). The summed E-state index contributed by atoms with van der Waals surface area (Å²) in [6, 6.07) is 18.6. The van der Waals surface area contributed by atoms with Crippen molar-refractivity contribution in [2.45, 2.75) is 13.3 Å². The van der Waals surface area contributed by atoms with Crippen LogP contribution in [0.3, 0.4) is 0 Å². The highest BCUT2D eigenvalue weighted by atomic mass is 16.5. The Kier molecular flexibility index (Phi) is 6.09. The molecule has 0 radical (unpaired) electrons. The van der Waals surface area contributed by atoms with E-state index < -0.39 is 0 Å². The SMILES string of the molecule is COc1ccc(-c2ccc(Cc3cc(OC)c(OC)cc3C)cc2)cc1OC. The second-order valence-electron chi connectivity index (χ2n) is 6.58. The molecule has 3 aromatic rings. The van der Waals surface area contributed by atoms with Crippen molar-refractivity contribution in [1.29, 1.82) is 0 Å². The molecule has 0 aliphatic rings. The van der Waals surface area contributed by atoms with Gasteiger partial charge in [0, 0.05) is 0 Å². The van der Waals surface area contributed by atoms with Crippen molar-refractivity contribution in [1.82, 2.24) is 0 Å². The lowest BCUT2D eigenvalue weighted by Gasteiger charge is -2.13. The molecule has 0 atom stereocenters. The Bertz CT molecular complexity index is 946.